The lowest BCUT2D eigenvalue weighted by atomic mass is 9.61. The number of phenols is 1. The van der Waals surface area contributed by atoms with E-state index in [1.807, 2.05) is 16.7 Å². The molecular formula is C18H20N2O2. The van der Waals surface area contributed by atoms with Crippen molar-refractivity contribution in [2.45, 2.75) is 44.1 Å². The zero-order chi connectivity index (χ0) is 15.0. The molecule has 3 N–H and O–H groups in total. The number of rotatable bonds is 0. The fourth-order valence-corrected chi connectivity index (χ4v) is 5.40. The number of carbonyl (C=O) groups is 1. The molecule has 1 aromatic heterocycles. The average Bonchev–Trinajstić information content (AvgIpc) is 2.84. The van der Waals surface area contributed by atoms with E-state index in [2.05, 4.69) is 0 Å². The van der Waals surface area contributed by atoms with Crippen LogP contribution in [-0.2, 0) is 6.42 Å². The van der Waals surface area contributed by atoms with Crippen molar-refractivity contribution in [1.29, 1.82) is 0 Å². The van der Waals surface area contributed by atoms with Crippen LogP contribution in [-0.4, -0.2) is 21.6 Å². The van der Waals surface area contributed by atoms with Crippen molar-refractivity contribution >= 4 is 16.8 Å². The zero-order valence-electron chi connectivity index (χ0n) is 12.5. The summed E-state index contributed by atoms with van der Waals surface area (Å²) in [5.41, 5.74) is 9.66. The lowest BCUT2D eigenvalue weighted by Crippen LogP contribution is -2.47. The molecule has 0 bridgehead atoms. The fourth-order valence-electron chi connectivity index (χ4n) is 5.40. The first-order valence-electron chi connectivity index (χ1n) is 8.30. The highest BCUT2D eigenvalue weighted by Gasteiger charge is 2.48. The topological polar surface area (TPSA) is 68.2 Å². The van der Waals surface area contributed by atoms with Gasteiger partial charge in [0.1, 0.15) is 5.75 Å². The molecule has 4 heteroatoms. The molecular weight excluding hydrogens is 276 g/mol. The highest BCUT2D eigenvalue weighted by molar-refractivity contribution is 6.00. The maximum absolute atomic E-state index is 12.7. The standard InChI is InChI=1S/C18H20N2O2/c19-12-8-11-17-13(5-2-6-14(17)21)20-15(22)7-9-3-1-4-10(12)16(9)18(11)20/h2,5-6,9-10,12,16,21H,1,3-4,7-8,19H2/t9-,10+,12+,16+/m0/s1. The van der Waals surface area contributed by atoms with Gasteiger partial charge in [-0.2, -0.15) is 0 Å². The van der Waals surface area contributed by atoms with E-state index in [-0.39, 0.29) is 17.7 Å². The summed E-state index contributed by atoms with van der Waals surface area (Å²) in [4.78, 5) is 12.7. The highest BCUT2D eigenvalue weighted by atomic mass is 16.3. The van der Waals surface area contributed by atoms with Gasteiger partial charge in [-0.1, -0.05) is 12.5 Å². The number of hydrogen-bond acceptors (Lipinski definition) is 3. The van der Waals surface area contributed by atoms with Crippen molar-refractivity contribution in [2.75, 3.05) is 0 Å². The molecule has 1 aromatic carbocycles. The lowest BCUT2D eigenvalue weighted by Gasteiger charge is -2.47. The summed E-state index contributed by atoms with van der Waals surface area (Å²) in [6.45, 7) is 0. The van der Waals surface area contributed by atoms with Crippen LogP contribution in [0.3, 0.4) is 0 Å². The Balaban J connectivity index is 1.90. The van der Waals surface area contributed by atoms with Gasteiger partial charge in [-0.25, -0.2) is 0 Å². The number of carbonyl (C=O) groups excluding carboxylic acids is 1. The molecule has 1 saturated carbocycles. The van der Waals surface area contributed by atoms with Crippen LogP contribution in [0.15, 0.2) is 18.2 Å². The van der Waals surface area contributed by atoms with E-state index in [1.165, 1.54) is 18.5 Å². The Morgan fingerprint density at radius 1 is 1.23 bits per heavy atom. The van der Waals surface area contributed by atoms with E-state index in [0.29, 0.717) is 24.2 Å². The molecule has 1 fully saturated rings. The van der Waals surface area contributed by atoms with Crippen LogP contribution in [0.25, 0.3) is 10.9 Å². The van der Waals surface area contributed by atoms with Crippen LogP contribution in [0, 0.1) is 11.8 Å². The van der Waals surface area contributed by atoms with Crippen LogP contribution in [0.5, 0.6) is 5.75 Å². The number of fused-ring (bicyclic) bond motifs is 3. The highest BCUT2D eigenvalue weighted by Crippen LogP contribution is 2.54. The summed E-state index contributed by atoms with van der Waals surface area (Å²) in [5, 5.41) is 11.2. The van der Waals surface area contributed by atoms with Gasteiger partial charge in [0, 0.05) is 29.5 Å². The number of aromatic hydroxyl groups is 1. The maximum atomic E-state index is 12.7. The second kappa shape index (κ2) is 4.13. The van der Waals surface area contributed by atoms with E-state index in [1.54, 1.807) is 6.07 Å². The molecule has 0 saturated heterocycles. The first-order valence-corrected chi connectivity index (χ1v) is 8.30. The van der Waals surface area contributed by atoms with Crippen molar-refractivity contribution in [1.82, 2.24) is 4.57 Å². The second-order valence-corrected chi connectivity index (χ2v) is 7.22. The Kier molecular flexibility index (Phi) is 2.39. The first kappa shape index (κ1) is 12.7. The predicted molar refractivity (Wildman–Crippen MR) is 84.1 cm³/mol. The summed E-state index contributed by atoms with van der Waals surface area (Å²) >= 11 is 0. The Bertz CT molecular complexity index is 807. The SMILES string of the molecule is N[C@@H]1Cc2c3n(c4cccc(O)c24)C(=O)C[C@@H]2CCC[C@H]1[C@H]32. The Hall–Kier alpha value is -1.81. The zero-order valence-corrected chi connectivity index (χ0v) is 12.5. The lowest BCUT2D eigenvalue weighted by molar-refractivity contribution is 0.0748. The van der Waals surface area contributed by atoms with Crippen LogP contribution in [0.2, 0.25) is 0 Å². The summed E-state index contributed by atoms with van der Waals surface area (Å²) in [6, 6.07) is 5.64. The molecule has 2 heterocycles. The normalized spacial score (nSPS) is 33.0. The van der Waals surface area contributed by atoms with Crippen molar-refractivity contribution in [3.05, 3.63) is 29.5 Å². The Morgan fingerprint density at radius 3 is 2.95 bits per heavy atom. The van der Waals surface area contributed by atoms with Crippen LogP contribution < -0.4 is 5.73 Å². The molecule has 0 unspecified atom stereocenters. The smallest absolute Gasteiger partial charge is 0.231 e. The summed E-state index contributed by atoms with van der Waals surface area (Å²) in [5.74, 6) is 1.80. The van der Waals surface area contributed by atoms with E-state index in [0.717, 1.165) is 29.3 Å². The molecule has 0 spiro atoms. The van der Waals surface area contributed by atoms with Gasteiger partial charge in [0.05, 0.1) is 5.52 Å². The van der Waals surface area contributed by atoms with Gasteiger partial charge in [0.15, 0.2) is 0 Å². The summed E-state index contributed by atoms with van der Waals surface area (Å²) < 4.78 is 1.90. The summed E-state index contributed by atoms with van der Waals surface area (Å²) in [7, 11) is 0. The van der Waals surface area contributed by atoms with Gasteiger partial charge in [-0.15, -0.1) is 0 Å². The van der Waals surface area contributed by atoms with Crippen molar-refractivity contribution in [3.63, 3.8) is 0 Å². The third-order valence-corrected chi connectivity index (χ3v) is 6.19. The van der Waals surface area contributed by atoms with Gasteiger partial charge < -0.3 is 10.8 Å². The molecule has 2 aliphatic carbocycles. The molecule has 0 amide bonds. The number of benzene rings is 1. The number of nitrogens with two attached hydrogens (primary N) is 1. The maximum Gasteiger partial charge on any atom is 0.231 e. The molecule has 22 heavy (non-hydrogen) atoms. The minimum Gasteiger partial charge on any atom is -0.507 e. The Morgan fingerprint density at radius 2 is 2.09 bits per heavy atom. The van der Waals surface area contributed by atoms with Gasteiger partial charge in [0.25, 0.3) is 0 Å². The first-order chi connectivity index (χ1) is 10.7. The molecule has 0 radical (unpaired) electrons. The summed E-state index contributed by atoms with van der Waals surface area (Å²) in [6.07, 6.45) is 4.89. The van der Waals surface area contributed by atoms with E-state index in [4.69, 9.17) is 5.73 Å². The molecule has 4 nitrogen and oxygen atoms in total. The molecule has 3 aliphatic rings. The molecule has 4 atom stereocenters. The third-order valence-electron chi connectivity index (χ3n) is 6.19. The minimum atomic E-state index is 0.146. The fraction of sp³-hybridized carbons (Fsp3) is 0.500. The number of hydrogen-bond donors (Lipinski definition) is 2. The number of nitrogens with zero attached hydrogens (tertiary/aromatic N) is 1. The van der Waals surface area contributed by atoms with Crippen LogP contribution in [0.1, 0.15) is 47.7 Å². The van der Waals surface area contributed by atoms with Crippen LogP contribution >= 0.6 is 0 Å². The average molecular weight is 296 g/mol. The predicted octanol–water partition coefficient (Wildman–Crippen LogP) is 2.77. The molecule has 5 rings (SSSR count). The second-order valence-electron chi connectivity index (χ2n) is 7.22. The van der Waals surface area contributed by atoms with Crippen molar-refractivity contribution in [3.8, 4) is 5.75 Å². The molecule has 1 aliphatic heterocycles. The number of phenolic OH excluding ortho intramolecular Hbond substituents is 1. The third kappa shape index (κ3) is 1.39. The van der Waals surface area contributed by atoms with Gasteiger partial charge in [-0.05, 0) is 48.8 Å². The van der Waals surface area contributed by atoms with Gasteiger partial charge >= 0.3 is 0 Å². The number of aromatic nitrogens is 1. The molecule has 114 valence electrons. The van der Waals surface area contributed by atoms with Crippen molar-refractivity contribution in [2.24, 2.45) is 17.6 Å². The van der Waals surface area contributed by atoms with Gasteiger partial charge in [-0.3, -0.25) is 9.36 Å². The van der Waals surface area contributed by atoms with E-state index in [9.17, 15) is 9.90 Å². The van der Waals surface area contributed by atoms with E-state index >= 15 is 0 Å². The molecule has 2 aromatic rings. The van der Waals surface area contributed by atoms with Gasteiger partial charge in [0.2, 0.25) is 5.91 Å². The van der Waals surface area contributed by atoms with E-state index < -0.39 is 0 Å². The quantitative estimate of drug-likeness (QED) is 0.785. The minimum absolute atomic E-state index is 0.146. The largest absolute Gasteiger partial charge is 0.507 e. The Labute approximate surface area is 128 Å². The van der Waals surface area contributed by atoms with Crippen LogP contribution in [0.4, 0.5) is 0 Å². The monoisotopic (exact) mass is 296 g/mol. The van der Waals surface area contributed by atoms with Crippen molar-refractivity contribution < 1.29 is 9.90 Å².